The van der Waals surface area contributed by atoms with E-state index in [0.717, 1.165) is 47.0 Å². The second-order valence-electron chi connectivity index (χ2n) is 4.26. The number of carbonyl (C=O) groups is 2. The number of allylic oxidation sites excluding steroid dienone is 4. The van der Waals surface area contributed by atoms with Gasteiger partial charge in [0, 0.05) is 23.0 Å². The molecule has 4 N–H and O–H groups in total. The number of ketones is 2. The Morgan fingerprint density at radius 2 is 0.708 bits per heavy atom. The van der Waals surface area contributed by atoms with Gasteiger partial charge < -0.3 is 20.4 Å². The van der Waals surface area contributed by atoms with E-state index in [1.54, 1.807) is 0 Å². The lowest BCUT2D eigenvalue weighted by Gasteiger charge is -2.22. The van der Waals surface area contributed by atoms with Gasteiger partial charge in [-0.3, -0.25) is 9.59 Å². The van der Waals surface area contributed by atoms with Gasteiger partial charge in [0.15, 0.2) is 0 Å². The molecule has 0 saturated carbocycles. The Balaban J connectivity index is 3.21. The van der Waals surface area contributed by atoms with Crippen molar-refractivity contribution in [1.29, 1.82) is 0 Å². The lowest BCUT2D eigenvalue weighted by Crippen LogP contribution is -2.21. The van der Waals surface area contributed by atoms with Gasteiger partial charge >= 0.3 is 0 Å². The Hall–Kier alpha value is 0.0600. The van der Waals surface area contributed by atoms with Gasteiger partial charge in [-0.25, -0.2) is 0 Å². The number of rotatable bonds is 12. The van der Waals surface area contributed by atoms with Gasteiger partial charge in [-0.2, -0.15) is 0 Å². The topological polar surface area (TPSA) is 115 Å². The van der Waals surface area contributed by atoms with Crippen molar-refractivity contribution >= 4 is 58.6 Å². The van der Waals surface area contributed by atoms with E-state index < -0.39 is 0 Å². The summed E-state index contributed by atoms with van der Waals surface area (Å²) in [6.45, 7) is -0.490. The number of carbonyl (C=O) groups excluding carboxylic acids is 2. The fourth-order valence-corrected chi connectivity index (χ4v) is 5.58. The molecule has 0 spiro atoms. The van der Waals surface area contributed by atoms with Crippen LogP contribution in [-0.4, -0.2) is 81.4 Å². The van der Waals surface area contributed by atoms with Crippen molar-refractivity contribution in [3.05, 3.63) is 19.6 Å². The predicted octanol–water partition coefficient (Wildman–Crippen LogP) is 0.463. The minimum atomic E-state index is -0.299. The van der Waals surface area contributed by atoms with Gasteiger partial charge in [0.05, 0.1) is 46.0 Å². The molecular weight excluding hydrogens is 392 g/mol. The summed E-state index contributed by atoms with van der Waals surface area (Å²) >= 11 is 4.48. The maximum atomic E-state index is 12.8. The van der Waals surface area contributed by atoms with Crippen LogP contribution < -0.4 is 0 Å². The average Bonchev–Trinajstić information content (AvgIpc) is 2.59. The van der Waals surface area contributed by atoms with Gasteiger partial charge in [0.2, 0.25) is 11.6 Å². The number of Topliss-reactive ketones (excluding diaryl/α,β-unsaturated/α-hetero) is 2. The molecule has 24 heavy (non-hydrogen) atoms. The molecule has 0 aromatic heterocycles. The molecule has 0 bridgehead atoms. The Morgan fingerprint density at radius 1 is 0.500 bits per heavy atom. The third-order valence-electron chi connectivity index (χ3n) is 2.59. The lowest BCUT2D eigenvalue weighted by atomic mass is 10.1. The van der Waals surface area contributed by atoms with Gasteiger partial charge in [0.1, 0.15) is 0 Å². The van der Waals surface area contributed by atoms with Crippen molar-refractivity contribution in [2.45, 2.75) is 0 Å². The van der Waals surface area contributed by atoms with Crippen LogP contribution in [0.3, 0.4) is 0 Å². The van der Waals surface area contributed by atoms with Crippen molar-refractivity contribution < 1.29 is 30.0 Å². The summed E-state index contributed by atoms with van der Waals surface area (Å²) in [5, 5.41) is 36.1. The van der Waals surface area contributed by atoms with Crippen molar-refractivity contribution in [3.63, 3.8) is 0 Å². The number of hydrogen-bond donors (Lipinski definition) is 4. The molecule has 0 aromatic rings. The fourth-order valence-electron chi connectivity index (χ4n) is 1.73. The lowest BCUT2D eigenvalue weighted by molar-refractivity contribution is -0.114. The van der Waals surface area contributed by atoms with E-state index in [2.05, 4.69) is 0 Å². The summed E-state index contributed by atoms with van der Waals surface area (Å²) in [4.78, 5) is 26.7. The van der Waals surface area contributed by atoms with Crippen LogP contribution in [0.15, 0.2) is 19.6 Å². The summed E-state index contributed by atoms with van der Waals surface area (Å²) in [5.41, 5.74) is 0. The zero-order valence-electron chi connectivity index (χ0n) is 12.9. The summed E-state index contributed by atoms with van der Waals surface area (Å²) in [7, 11) is 0. The first kappa shape index (κ1) is 22.1. The molecule has 0 amide bonds. The molecule has 1 rings (SSSR count). The standard InChI is InChI=1S/C14H20O6S4/c15-1-5-21-11-9(19)13(23-7-3-17)14(24-8-4-18)10(20)12(11)22-6-2-16/h15-18H,1-8H2. The van der Waals surface area contributed by atoms with E-state index >= 15 is 0 Å². The molecule has 0 aliphatic heterocycles. The largest absolute Gasteiger partial charge is 0.396 e. The van der Waals surface area contributed by atoms with Crippen molar-refractivity contribution in [1.82, 2.24) is 0 Å². The quantitative estimate of drug-likeness (QED) is 0.337. The van der Waals surface area contributed by atoms with Crippen molar-refractivity contribution in [3.8, 4) is 0 Å². The molecule has 136 valence electrons. The molecule has 0 aromatic carbocycles. The summed E-state index contributed by atoms with van der Waals surface area (Å²) in [5.74, 6) is 0.548. The maximum Gasteiger partial charge on any atom is 0.208 e. The molecule has 0 heterocycles. The SMILES string of the molecule is O=C1C(SCCO)=C(SCCO)C(=O)C(SCCO)=C1SCCO. The van der Waals surface area contributed by atoms with Crippen LogP contribution in [0.25, 0.3) is 0 Å². The van der Waals surface area contributed by atoms with Crippen LogP contribution in [0, 0.1) is 0 Å². The monoisotopic (exact) mass is 412 g/mol. The number of aliphatic hydroxyl groups excluding tert-OH is 4. The van der Waals surface area contributed by atoms with Crippen LogP contribution in [0.5, 0.6) is 0 Å². The second kappa shape index (κ2) is 12.4. The summed E-state index contributed by atoms with van der Waals surface area (Å²) < 4.78 is 0. The Labute approximate surface area is 157 Å². The number of aliphatic hydroxyl groups is 4. The molecule has 0 unspecified atom stereocenters. The van der Waals surface area contributed by atoms with E-state index in [0.29, 0.717) is 0 Å². The van der Waals surface area contributed by atoms with E-state index in [9.17, 15) is 9.59 Å². The number of hydrogen-bond acceptors (Lipinski definition) is 10. The molecule has 10 heteroatoms. The van der Waals surface area contributed by atoms with E-state index in [1.165, 1.54) is 0 Å². The molecule has 1 aliphatic carbocycles. The van der Waals surface area contributed by atoms with E-state index in [4.69, 9.17) is 20.4 Å². The zero-order chi connectivity index (χ0) is 17.9. The van der Waals surface area contributed by atoms with E-state index in [1.807, 2.05) is 0 Å². The highest BCUT2D eigenvalue weighted by Gasteiger charge is 2.35. The first-order valence-corrected chi connectivity index (χ1v) is 11.1. The van der Waals surface area contributed by atoms with Crippen LogP contribution in [0.1, 0.15) is 0 Å². The van der Waals surface area contributed by atoms with Crippen LogP contribution >= 0.6 is 47.0 Å². The van der Waals surface area contributed by atoms with Crippen LogP contribution in [0.4, 0.5) is 0 Å². The second-order valence-corrected chi connectivity index (χ2v) is 8.68. The highest BCUT2D eigenvalue weighted by atomic mass is 32.2. The predicted molar refractivity (Wildman–Crippen MR) is 102 cm³/mol. The van der Waals surface area contributed by atoms with Crippen LogP contribution in [-0.2, 0) is 9.59 Å². The Morgan fingerprint density at radius 3 is 0.875 bits per heavy atom. The minimum Gasteiger partial charge on any atom is -0.396 e. The molecule has 0 saturated heterocycles. The zero-order valence-corrected chi connectivity index (χ0v) is 16.2. The summed E-state index contributed by atoms with van der Waals surface area (Å²) in [6.07, 6.45) is 0. The highest BCUT2D eigenvalue weighted by molar-refractivity contribution is 8.10. The smallest absolute Gasteiger partial charge is 0.208 e. The molecule has 6 nitrogen and oxygen atoms in total. The van der Waals surface area contributed by atoms with Gasteiger partial charge in [-0.15, -0.1) is 47.0 Å². The van der Waals surface area contributed by atoms with Crippen LogP contribution in [0.2, 0.25) is 0 Å². The van der Waals surface area contributed by atoms with Gasteiger partial charge in [0.25, 0.3) is 0 Å². The third kappa shape index (κ3) is 6.10. The molecule has 0 fully saturated rings. The molecular formula is C14H20O6S4. The minimum absolute atomic E-state index is 0.122. The Kier molecular flexibility index (Phi) is 11.4. The average molecular weight is 413 g/mol. The third-order valence-corrected chi connectivity index (χ3v) is 7.11. The molecule has 0 atom stereocenters. The maximum absolute atomic E-state index is 12.8. The first-order chi connectivity index (χ1) is 11.6. The van der Waals surface area contributed by atoms with Crippen molar-refractivity contribution in [2.75, 3.05) is 49.4 Å². The van der Waals surface area contributed by atoms with Crippen molar-refractivity contribution in [2.24, 2.45) is 0 Å². The normalized spacial score (nSPS) is 15.7. The number of thioether (sulfide) groups is 4. The van der Waals surface area contributed by atoms with Gasteiger partial charge in [-0.05, 0) is 0 Å². The highest BCUT2D eigenvalue weighted by Crippen LogP contribution is 2.43. The fraction of sp³-hybridized carbons (Fsp3) is 0.571. The molecule has 0 radical (unpaired) electrons. The molecule has 1 aliphatic rings. The Bertz CT molecular complexity index is 431. The van der Waals surface area contributed by atoms with Gasteiger partial charge in [-0.1, -0.05) is 0 Å². The summed E-state index contributed by atoms with van der Waals surface area (Å²) in [6, 6.07) is 0. The first-order valence-electron chi connectivity index (χ1n) is 7.14. The van der Waals surface area contributed by atoms with E-state index in [-0.39, 0.29) is 80.6 Å².